The van der Waals surface area contributed by atoms with E-state index in [4.69, 9.17) is 4.74 Å². The quantitative estimate of drug-likeness (QED) is 0.842. The summed E-state index contributed by atoms with van der Waals surface area (Å²) < 4.78 is 5.04. The zero-order valence-electron chi connectivity index (χ0n) is 10.4. The minimum Gasteiger partial charge on any atom is -0.380 e. The normalized spacial score (nSPS) is 14.5. The lowest BCUT2D eigenvalue weighted by Gasteiger charge is -2.25. The highest BCUT2D eigenvalue weighted by atomic mass is 35.5. The molecular formula is C13H19ClN2O2. The average molecular weight is 271 g/mol. The van der Waals surface area contributed by atoms with Crippen molar-refractivity contribution in [2.24, 2.45) is 5.92 Å². The largest absolute Gasteiger partial charge is 0.380 e. The predicted molar refractivity (Wildman–Crippen MR) is 72.6 cm³/mol. The Morgan fingerprint density at radius 1 is 1.33 bits per heavy atom. The Morgan fingerprint density at radius 3 is 2.44 bits per heavy atom. The summed E-state index contributed by atoms with van der Waals surface area (Å²) in [7, 11) is 1.68. The Labute approximate surface area is 114 Å². The van der Waals surface area contributed by atoms with E-state index >= 15 is 0 Å². The van der Waals surface area contributed by atoms with Gasteiger partial charge in [0.25, 0.3) is 0 Å². The fraction of sp³-hybridized carbons (Fsp3) is 0.462. The lowest BCUT2D eigenvalue weighted by Crippen LogP contribution is -2.50. The molecule has 100 valence electrons. The van der Waals surface area contributed by atoms with E-state index in [2.05, 4.69) is 10.6 Å². The molecule has 0 unspecified atom stereocenters. The summed E-state index contributed by atoms with van der Waals surface area (Å²) in [6, 6.07) is 8.09. The number of amides is 1. The van der Waals surface area contributed by atoms with E-state index in [1.807, 2.05) is 24.3 Å². The van der Waals surface area contributed by atoms with E-state index in [0.29, 0.717) is 13.2 Å². The van der Waals surface area contributed by atoms with Crippen LogP contribution in [0.1, 0.15) is 11.1 Å². The second-order valence-electron chi connectivity index (χ2n) is 4.32. The number of rotatable bonds is 5. The summed E-state index contributed by atoms with van der Waals surface area (Å²) in [5, 5.41) is 6.03. The number of nitrogens with one attached hydrogen (secondary N) is 2. The van der Waals surface area contributed by atoms with Crippen LogP contribution in [0, 0.1) is 5.92 Å². The Balaban J connectivity index is 0.00000162. The second-order valence-corrected chi connectivity index (χ2v) is 4.32. The third-order valence-corrected chi connectivity index (χ3v) is 2.95. The maximum absolute atomic E-state index is 11.6. The first kappa shape index (κ1) is 15.0. The van der Waals surface area contributed by atoms with Gasteiger partial charge in [0.15, 0.2) is 0 Å². The number of hydrogen-bond donors (Lipinski definition) is 2. The molecule has 1 amide bonds. The highest BCUT2D eigenvalue weighted by Crippen LogP contribution is 2.07. The summed E-state index contributed by atoms with van der Waals surface area (Å²) >= 11 is 0. The van der Waals surface area contributed by atoms with Crippen molar-refractivity contribution in [2.75, 3.05) is 20.2 Å². The van der Waals surface area contributed by atoms with Gasteiger partial charge in [-0.3, -0.25) is 4.79 Å². The topological polar surface area (TPSA) is 50.4 Å². The van der Waals surface area contributed by atoms with Crippen LogP contribution in [-0.2, 0) is 22.7 Å². The van der Waals surface area contributed by atoms with Gasteiger partial charge in [-0.2, -0.15) is 0 Å². The monoisotopic (exact) mass is 270 g/mol. The Bertz CT molecular complexity index is 377. The lowest BCUT2D eigenvalue weighted by atomic mass is 10.0. The predicted octanol–water partition coefficient (Wildman–Crippen LogP) is 1.09. The molecule has 1 saturated heterocycles. The van der Waals surface area contributed by atoms with Crippen molar-refractivity contribution in [1.82, 2.24) is 10.6 Å². The first-order chi connectivity index (χ1) is 8.29. The number of halogens is 1. The highest BCUT2D eigenvalue weighted by Gasteiger charge is 2.24. The minimum atomic E-state index is 0. The first-order valence-electron chi connectivity index (χ1n) is 5.85. The molecule has 0 atom stereocenters. The zero-order chi connectivity index (χ0) is 12.1. The summed E-state index contributed by atoms with van der Waals surface area (Å²) in [5.41, 5.74) is 2.26. The molecule has 2 N–H and O–H groups in total. The van der Waals surface area contributed by atoms with E-state index in [0.717, 1.165) is 24.2 Å². The average Bonchev–Trinajstić information content (AvgIpc) is 2.26. The Morgan fingerprint density at radius 2 is 1.94 bits per heavy atom. The molecule has 1 heterocycles. The Kier molecular flexibility index (Phi) is 6.12. The number of methoxy groups -OCH3 is 1. The highest BCUT2D eigenvalue weighted by molar-refractivity contribution is 5.85. The van der Waals surface area contributed by atoms with Crippen molar-refractivity contribution < 1.29 is 9.53 Å². The van der Waals surface area contributed by atoms with Crippen LogP contribution in [0.3, 0.4) is 0 Å². The van der Waals surface area contributed by atoms with Crippen molar-refractivity contribution in [2.45, 2.75) is 13.2 Å². The number of carbonyl (C=O) groups excluding carboxylic acids is 1. The molecule has 0 saturated carbocycles. The van der Waals surface area contributed by atoms with Crippen LogP contribution in [-0.4, -0.2) is 26.1 Å². The molecule has 1 aromatic carbocycles. The van der Waals surface area contributed by atoms with Crippen LogP contribution in [0.5, 0.6) is 0 Å². The van der Waals surface area contributed by atoms with Gasteiger partial charge in [0.2, 0.25) is 5.91 Å². The van der Waals surface area contributed by atoms with Crippen LogP contribution in [0.25, 0.3) is 0 Å². The summed E-state index contributed by atoms with van der Waals surface area (Å²) in [6.45, 7) is 2.83. The van der Waals surface area contributed by atoms with Crippen molar-refractivity contribution >= 4 is 18.3 Å². The third kappa shape index (κ3) is 3.98. The number of hydrogen-bond acceptors (Lipinski definition) is 3. The Hall–Kier alpha value is -1.10. The van der Waals surface area contributed by atoms with Crippen LogP contribution in [0.4, 0.5) is 0 Å². The van der Waals surface area contributed by atoms with Gasteiger partial charge in [-0.1, -0.05) is 24.3 Å². The number of carbonyl (C=O) groups is 1. The summed E-state index contributed by atoms with van der Waals surface area (Å²) in [6.07, 6.45) is 0. The maximum Gasteiger partial charge on any atom is 0.225 e. The van der Waals surface area contributed by atoms with Gasteiger partial charge >= 0.3 is 0 Å². The first-order valence-corrected chi connectivity index (χ1v) is 5.85. The lowest BCUT2D eigenvalue weighted by molar-refractivity contribution is -0.126. The van der Waals surface area contributed by atoms with Crippen LogP contribution >= 0.6 is 12.4 Å². The van der Waals surface area contributed by atoms with E-state index in [1.165, 1.54) is 0 Å². The molecule has 1 aromatic rings. The molecule has 5 heteroatoms. The van der Waals surface area contributed by atoms with E-state index in [9.17, 15) is 4.79 Å². The standard InChI is InChI=1S/C13H18N2O2.ClH/c1-17-9-11-4-2-10(3-5-11)6-15-13(16)12-7-14-8-12;/h2-5,12,14H,6-9H2,1H3,(H,15,16);1H. The molecule has 0 aliphatic carbocycles. The zero-order valence-corrected chi connectivity index (χ0v) is 11.3. The van der Waals surface area contributed by atoms with Crippen LogP contribution < -0.4 is 10.6 Å². The molecule has 1 fully saturated rings. The van der Waals surface area contributed by atoms with E-state index in [1.54, 1.807) is 7.11 Å². The second kappa shape index (κ2) is 7.36. The SMILES string of the molecule is COCc1ccc(CNC(=O)C2CNC2)cc1.Cl. The molecule has 0 bridgehead atoms. The third-order valence-electron chi connectivity index (χ3n) is 2.95. The maximum atomic E-state index is 11.6. The molecule has 0 aromatic heterocycles. The molecular weight excluding hydrogens is 252 g/mol. The molecule has 1 aliphatic rings. The molecule has 18 heavy (non-hydrogen) atoms. The van der Waals surface area contributed by atoms with Gasteiger partial charge < -0.3 is 15.4 Å². The summed E-state index contributed by atoms with van der Waals surface area (Å²) in [4.78, 5) is 11.6. The van der Waals surface area contributed by atoms with Crippen molar-refractivity contribution in [3.05, 3.63) is 35.4 Å². The molecule has 4 nitrogen and oxygen atoms in total. The molecule has 2 rings (SSSR count). The van der Waals surface area contributed by atoms with Gasteiger partial charge in [-0.25, -0.2) is 0 Å². The van der Waals surface area contributed by atoms with Crippen molar-refractivity contribution in [3.63, 3.8) is 0 Å². The fourth-order valence-corrected chi connectivity index (χ4v) is 1.73. The van der Waals surface area contributed by atoms with E-state index in [-0.39, 0.29) is 24.2 Å². The van der Waals surface area contributed by atoms with Crippen molar-refractivity contribution in [3.8, 4) is 0 Å². The smallest absolute Gasteiger partial charge is 0.225 e. The van der Waals surface area contributed by atoms with Crippen LogP contribution in [0.15, 0.2) is 24.3 Å². The van der Waals surface area contributed by atoms with Gasteiger partial charge in [0.05, 0.1) is 12.5 Å². The fourth-order valence-electron chi connectivity index (χ4n) is 1.73. The van der Waals surface area contributed by atoms with Gasteiger partial charge in [0.1, 0.15) is 0 Å². The van der Waals surface area contributed by atoms with Gasteiger partial charge in [-0.15, -0.1) is 12.4 Å². The van der Waals surface area contributed by atoms with Gasteiger partial charge in [-0.05, 0) is 11.1 Å². The molecule has 0 spiro atoms. The molecule has 1 aliphatic heterocycles. The van der Waals surface area contributed by atoms with E-state index < -0.39 is 0 Å². The molecule has 0 radical (unpaired) electrons. The van der Waals surface area contributed by atoms with Crippen molar-refractivity contribution in [1.29, 1.82) is 0 Å². The minimum absolute atomic E-state index is 0. The summed E-state index contributed by atoms with van der Waals surface area (Å²) in [5.74, 6) is 0.299. The van der Waals surface area contributed by atoms with Gasteiger partial charge in [0, 0.05) is 26.7 Å². The number of benzene rings is 1. The number of ether oxygens (including phenoxy) is 1. The van der Waals surface area contributed by atoms with Crippen LogP contribution in [0.2, 0.25) is 0 Å².